The summed E-state index contributed by atoms with van der Waals surface area (Å²) in [5.74, 6) is -0.144. The van der Waals surface area contributed by atoms with Crippen molar-refractivity contribution < 1.29 is 4.79 Å². The van der Waals surface area contributed by atoms with Crippen molar-refractivity contribution in [1.82, 2.24) is 4.90 Å². The molecule has 0 unspecified atom stereocenters. The van der Waals surface area contributed by atoms with E-state index in [2.05, 4.69) is 36.5 Å². The van der Waals surface area contributed by atoms with Gasteiger partial charge in [0.15, 0.2) is 0 Å². The number of nitrogens with one attached hydrogen (secondary N) is 1. The number of anilines is 1. The molecule has 0 heterocycles. The molecule has 2 rings (SSSR count). The van der Waals surface area contributed by atoms with Crippen molar-refractivity contribution in [3.05, 3.63) is 63.1 Å². The molecular formula is C18H20Cl2N2O. The molecule has 5 heteroatoms. The van der Waals surface area contributed by atoms with Crippen molar-refractivity contribution in [2.75, 3.05) is 18.9 Å². The maximum Gasteiger partial charge on any atom is 0.238 e. The maximum atomic E-state index is 12.2. The summed E-state index contributed by atoms with van der Waals surface area (Å²) in [4.78, 5) is 14.2. The minimum atomic E-state index is -0.144. The van der Waals surface area contributed by atoms with Crippen molar-refractivity contribution in [3.8, 4) is 0 Å². The van der Waals surface area contributed by atoms with Gasteiger partial charge in [-0.15, -0.1) is 0 Å². The molecule has 0 aliphatic heterocycles. The number of hydrogen-bond acceptors (Lipinski definition) is 2. The van der Waals surface area contributed by atoms with E-state index in [0.29, 0.717) is 22.3 Å². The zero-order valence-electron chi connectivity index (χ0n) is 13.5. The van der Waals surface area contributed by atoms with Crippen LogP contribution < -0.4 is 5.32 Å². The quantitative estimate of drug-likeness (QED) is 0.848. The maximum absolute atomic E-state index is 12.2. The fourth-order valence-corrected chi connectivity index (χ4v) is 2.72. The van der Waals surface area contributed by atoms with E-state index in [-0.39, 0.29) is 12.5 Å². The van der Waals surface area contributed by atoms with Crippen LogP contribution in [0.1, 0.15) is 16.7 Å². The van der Waals surface area contributed by atoms with Crippen LogP contribution in [-0.4, -0.2) is 24.4 Å². The first-order valence-corrected chi connectivity index (χ1v) is 8.11. The molecule has 1 amide bonds. The number of nitrogens with zero attached hydrogens (tertiary/aromatic N) is 1. The van der Waals surface area contributed by atoms with Gasteiger partial charge in [0, 0.05) is 6.54 Å². The predicted molar refractivity (Wildman–Crippen MR) is 97.3 cm³/mol. The van der Waals surface area contributed by atoms with E-state index >= 15 is 0 Å². The smallest absolute Gasteiger partial charge is 0.238 e. The first-order valence-electron chi connectivity index (χ1n) is 7.35. The molecule has 2 aromatic carbocycles. The first kappa shape index (κ1) is 17.8. The molecule has 0 aromatic heterocycles. The van der Waals surface area contributed by atoms with Gasteiger partial charge >= 0.3 is 0 Å². The van der Waals surface area contributed by atoms with Gasteiger partial charge in [-0.25, -0.2) is 0 Å². The number of hydrogen-bond donors (Lipinski definition) is 1. The van der Waals surface area contributed by atoms with Gasteiger partial charge in [-0.05, 0) is 38.1 Å². The Hall–Kier alpha value is -1.55. The second kappa shape index (κ2) is 7.82. The predicted octanol–water partition coefficient (Wildman–Crippen LogP) is 4.68. The monoisotopic (exact) mass is 350 g/mol. The number of aryl methyl sites for hydroxylation is 2. The summed E-state index contributed by atoms with van der Waals surface area (Å²) in [6, 6.07) is 11.8. The van der Waals surface area contributed by atoms with E-state index in [9.17, 15) is 4.79 Å². The topological polar surface area (TPSA) is 32.3 Å². The molecule has 0 bridgehead atoms. The summed E-state index contributed by atoms with van der Waals surface area (Å²) in [7, 11) is 1.90. The van der Waals surface area contributed by atoms with Crippen LogP contribution in [-0.2, 0) is 11.3 Å². The lowest BCUT2D eigenvalue weighted by Crippen LogP contribution is -2.30. The normalized spacial score (nSPS) is 10.9. The molecule has 0 aliphatic rings. The van der Waals surface area contributed by atoms with Crippen LogP contribution in [0.15, 0.2) is 36.4 Å². The molecule has 1 N–H and O–H groups in total. The molecule has 122 valence electrons. The first-order chi connectivity index (χ1) is 10.9. The van der Waals surface area contributed by atoms with Crippen molar-refractivity contribution in [2.45, 2.75) is 20.4 Å². The summed E-state index contributed by atoms with van der Waals surface area (Å²) in [6.45, 7) is 4.88. The van der Waals surface area contributed by atoms with Crippen molar-refractivity contribution in [3.63, 3.8) is 0 Å². The fourth-order valence-electron chi connectivity index (χ4n) is 2.26. The highest BCUT2D eigenvalue weighted by molar-refractivity contribution is 6.40. The summed E-state index contributed by atoms with van der Waals surface area (Å²) >= 11 is 12.3. The number of rotatable bonds is 5. The van der Waals surface area contributed by atoms with E-state index in [1.54, 1.807) is 6.07 Å². The Balaban J connectivity index is 1.97. The zero-order valence-corrected chi connectivity index (χ0v) is 15.0. The number of benzene rings is 2. The number of amides is 1. The highest BCUT2D eigenvalue weighted by Crippen LogP contribution is 2.32. The molecule has 0 fully saturated rings. The number of likely N-dealkylation sites (N-methyl/N-ethyl adjacent to an activating group) is 1. The van der Waals surface area contributed by atoms with Gasteiger partial charge in [-0.1, -0.05) is 59.1 Å². The second-order valence-electron chi connectivity index (χ2n) is 5.76. The molecule has 0 aliphatic carbocycles. The molecule has 0 radical (unpaired) electrons. The minimum Gasteiger partial charge on any atom is -0.322 e. The van der Waals surface area contributed by atoms with Crippen LogP contribution >= 0.6 is 23.2 Å². The standard InChI is InChI=1S/C18H20Cl2N2O/c1-12-4-7-14(8-5-12)10-22(3)11-16(23)21-18-15(19)9-6-13(2)17(18)20/h4-9H,10-11H2,1-3H3,(H,21,23). The molecule has 2 aromatic rings. The van der Waals surface area contributed by atoms with Gasteiger partial charge in [0.2, 0.25) is 5.91 Å². The Labute approximate surface area is 147 Å². The lowest BCUT2D eigenvalue weighted by atomic mass is 10.1. The third-order valence-electron chi connectivity index (χ3n) is 3.54. The number of carbonyl (C=O) groups is 1. The Morgan fingerprint density at radius 3 is 2.39 bits per heavy atom. The van der Waals surface area contributed by atoms with Crippen LogP contribution in [0, 0.1) is 13.8 Å². The lowest BCUT2D eigenvalue weighted by molar-refractivity contribution is -0.117. The second-order valence-corrected chi connectivity index (χ2v) is 6.54. The van der Waals surface area contributed by atoms with Gasteiger partial charge in [-0.2, -0.15) is 0 Å². The van der Waals surface area contributed by atoms with Gasteiger partial charge in [0.25, 0.3) is 0 Å². The number of carbonyl (C=O) groups excluding carboxylic acids is 1. The van der Waals surface area contributed by atoms with Gasteiger partial charge in [0.05, 0.1) is 22.3 Å². The molecule has 3 nitrogen and oxygen atoms in total. The van der Waals surface area contributed by atoms with Crippen molar-refractivity contribution in [2.24, 2.45) is 0 Å². The van der Waals surface area contributed by atoms with E-state index < -0.39 is 0 Å². The van der Waals surface area contributed by atoms with Crippen LogP contribution in [0.3, 0.4) is 0 Å². The summed E-state index contributed by atoms with van der Waals surface area (Å²) in [6.07, 6.45) is 0. The summed E-state index contributed by atoms with van der Waals surface area (Å²) < 4.78 is 0. The lowest BCUT2D eigenvalue weighted by Gasteiger charge is -2.17. The van der Waals surface area contributed by atoms with Crippen molar-refractivity contribution >= 4 is 34.8 Å². The van der Waals surface area contributed by atoms with Crippen LogP contribution in [0.5, 0.6) is 0 Å². The minimum absolute atomic E-state index is 0.144. The Bertz CT molecular complexity index is 699. The molecule has 0 atom stereocenters. The highest BCUT2D eigenvalue weighted by atomic mass is 35.5. The van der Waals surface area contributed by atoms with Crippen molar-refractivity contribution in [1.29, 1.82) is 0 Å². The third kappa shape index (κ3) is 4.96. The average molecular weight is 351 g/mol. The van der Waals surface area contributed by atoms with Gasteiger partial charge in [-0.3, -0.25) is 9.69 Å². The Morgan fingerprint density at radius 2 is 1.74 bits per heavy atom. The van der Waals surface area contributed by atoms with Crippen LogP contribution in [0.4, 0.5) is 5.69 Å². The van der Waals surface area contributed by atoms with Gasteiger partial charge < -0.3 is 5.32 Å². The summed E-state index contributed by atoms with van der Waals surface area (Å²) in [5.41, 5.74) is 3.73. The number of halogens is 2. The van der Waals surface area contributed by atoms with E-state index in [0.717, 1.165) is 11.1 Å². The van der Waals surface area contributed by atoms with Gasteiger partial charge in [0.1, 0.15) is 0 Å². The van der Waals surface area contributed by atoms with Crippen LogP contribution in [0.25, 0.3) is 0 Å². The Kier molecular flexibility index (Phi) is 6.05. The molecular weight excluding hydrogens is 331 g/mol. The Morgan fingerprint density at radius 1 is 1.09 bits per heavy atom. The molecule has 0 spiro atoms. The largest absolute Gasteiger partial charge is 0.322 e. The third-order valence-corrected chi connectivity index (χ3v) is 4.34. The molecule has 0 saturated heterocycles. The molecule has 23 heavy (non-hydrogen) atoms. The highest BCUT2D eigenvalue weighted by Gasteiger charge is 2.13. The molecule has 0 saturated carbocycles. The van der Waals surface area contributed by atoms with E-state index in [4.69, 9.17) is 23.2 Å². The van der Waals surface area contributed by atoms with E-state index in [1.807, 2.05) is 24.9 Å². The fraction of sp³-hybridized carbons (Fsp3) is 0.278. The van der Waals surface area contributed by atoms with Crippen LogP contribution in [0.2, 0.25) is 10.0 Å². The van der Waals surface area contributed by atoms with E-state index in [1.165, 1.54) is 5.56 Å². The summed E-state index contributed by atoms with van der Waals surface area (Å²) in [5, 5.41) is 3.72. The average Bonchev–Trinajstić information content (AvgIpc) is 2.50. The zero-order chi connectivity index (χ0) is 17.0. The SMILES string of the molecule is Cc1ccc(CN(C)CC(=O)Nc2c(Cl)ccc(C)c2Cl)cc1.